The van der Waals surface area contributed by atoms with E-state index in [0.29, 0.717) is 5.69 Å². The first-order valence-corrected chi connectivity index (χ1v) is 9.07. The average molecular weight is 350 g/mol. The van der Waals surface area contributed by atoms with Crippen LogP contribution in [0.3, 0.4) is 0 Å². The second-order valence-electron chi connectivity index (χ2n) is 7.58. The highest BCUT2D eigenvalue weighted by Crippen LogP contribution is 2.59. The maximum atomic E-state index is 13.1. The van der Waals surface area contributed by atoms with Crippen molar-refractivity contribution < 1.29 is 14.5 Å². The minimum absolute atomic E-state index is 0.0782. The molecule has 0 spiro atoms. The van der Waals surface area contributed by atoms with Crippen molar-refractivity contribution in [3.8, 4) is 0 Å². The molecule has 0 radical (unpaired) electrons. The van der Waals surface area contributed by atoms with Crippen LogP contribution in [0.2, 0.25) is 0 Å². The maximum absolute atomic E-state index is 13.1. The van der Waals surface area contributed by atoms with Gasteiger partial charge in [-0.15, -0.1) is 0 Å². The van der Waals surface area contributed by atoms with Crippen LogP contribution >= 0.6 is 0 Å². The first-order valence-electron chi connectivity index (χ1n) is 9.07. The number of benzene rings is 1. The molecule has 1 saturated carbocycles. The number of allylic oxidation sites excluding steroid dienone is 4. The van der Waals surface area contributed by atoms with Gasteiger partial charge in [0, 0.05) is 12.1 Å². The highest BCUT2D eigenvalue weighted by molar-refractivity contribution is 6.23. The smallest absolute Gasteiger partial charge is 0.271 e. The minimum Gasteiger partial charge on any atom is -0.274 e. The number of non-ortho nitro benzene ring substituents is 1. The fourth-order valence-electron chi connectivity index (χ4n) is 5.45. The van der Waals surface area contributed by atoms with E-state index in [4.69, 9.17) is 0 Å². The highest BCUT2D eigenvalue weighted by Gasteiger charge is 2.64. The lowest BCUT2D eigenvalue weighted by molar-refractivity contribution is -0.384. The van der Waals surface area contributed by atoms with Crippen molar-refractivity contribution in [2.24, 2.45) is 29.6 Å². The van der Waals surface area contributed by atoms with Gasteiger partial charge in [-0.3, -0.25) is 19.7 Å². The van der Waals surface area contributed by atoms with Gasteiger partial charge in [0.05, 0.1) is 22.4 Å². The van der Waals surface area contributed by atoms with Crippen molar-refractivity contribution in [2.75, 3.05) is 4.90 Å². The van der Waals surface area contributed by atoms with E-state index in [0.717, 1.165) is 19.3 Å². The molecule has 0 unspecified atom stereocenters. The van der Waals surface area contributed by atoms with Crippen LogP contribution in [0.5, 0.6) is 0 Å². The molecule has 0 N–H and O–H groups in total. The fraction of sp³-hybridized carbons (Fsp3) is 0.400. The van der Waals surface area contributed by atoms with Crippen molar-refractivity contribution in [3.05, 3.63) is 58.2 Å². The van der Waals surface area contributed by atoms with E-state index in [2.05, 4.69) is 18.2 Å². The molecule has 6 heteroatoms. The van der Waals surface area contributed by atoms with Crippen molar-refractivity contribution in [3.63, 3.8) is 0 Å². The monoisotopic (exact) mass is 350 g/mol. The van der Waals surface area contributed by atoms with Gasteiger partial charge in [0.1, 0.15) is 0 Å². The zero-order valence-electron chi connectivity index (χ0n) is 14.1. The SMILES string of the molecule is O=C1[C@H]2[C@H](C(=O)N1c1cccc([N+](=O)[O-])c1)[C@H]1C=C[C@H]2C1C1=CCCC1. The number of imide groups is 1. The van der Waals surface area contributed by atoms with Gasteiger partial charge >= 0.3 is 0 Å². The zero-order chi connectivity index (χ0) is 18.0. The van der Waals surface area contributed by atoms with Gasteiger partial charge in [0.2, 0.25) is 11.8 Å². The standard InChI is InChI=1S/C20H18N2O4/c23-19-17-14-8-9-15(16(14)11-4-1-2-5-11)18(17)20(24)21(19)12-6-3-7-13(10-12)22(25)26/h3-4,6-10,14-18H,1-2,5H2/t14-,15-,17+,18+/m0/s1. The van der Waals surface area contributed by atoms with Gasteiger partial charge in [-0.25, -0.2) is 4.90 Å². The van der Waals surface area contributed by atoms with Crippen LogP contribution in [0.15, 0.2) is 48.1 Å². The number of carbonyl (C=O) groups excluding carboxylic acids is 2. The van der Waals surface area contributed by atoms with Crippen LogP contribution in [0, 0.1) is 39.7 Å². The largest absolute Gasteiger partial charge is 0.274 e. The summed E-state index contributed by atoms with van der Waals surface area (Å²) < 4.78 is 0. The van der Waals surface area contributed by atoms with E-state index < -0.39 is 4.92 Å². The Morgan fingerprint density at radius 1 is 1.04 bits per heavy atom. The van der Waals surface area contributed by atoms with Gasteiger partial charge in [-0.1, -0.05) is 29.9 Å². The van der Waals surface area contributed by atoms with Crippen LogP contribution < -0.4 is 4.90 Å². The molecule has 1 heterocycles. The second-order valence-corrected chi connectivity index (χ2v) is 7.58. The molecule has 4 atom stereocenters. The molecular formula is C20H18N2O4. The van der Waals surface area contributed by atoms with E-state index >= 15 is 0 Å². The molecule has 1 aromatic carbocycles. The summed E-state index contributed by atoms with van der Waals surface area (Å²) in [5, 5.41) is 11.0. The van der Waals surface area contributed by atoms with E-state index in [1.807, 2.05) is 0 Å². The Morgan fingerprint density at radius 3 is 2.31 bits per heavy atom. The van der Waals surface area contributed by atoms with E-state index in [-0.39, 0.29) is 47.1 Å². The summed E-state index contributed by atoms with van der Waals surface area (Å²) >= 11 is 0. The molecule has 1 aromatic rings. The molecular weight excluding hydrogens is 332 g/mol. The molecule has 1 aliphatic heterocycles. The van der Waals surface area contributed by atoms with Crippen molar-refractivity contribution in [1.29, 1.82) is 0 Å². The Balaban J connectivity index is 1.50. The Hall–Kier alpha value is -2.76. The molecule has 2 amide bonds. The highest BCUT2D eigenvalue weighted by atomic mass is 16.6. The first-order chi connectivity index (χ1) is 12.6. The zero-order valence-corrected chi connectivity index (χ0v) is 14.1. The maximum Gasteiger partial charge on any atom is 0.271 e. The van der Waals surface area contributed by atoms with Gasteiger partial charge in [-0.2, -0.15) is 0 Å². The number of nitro benzene ring substituents is 1. The molecule has 2 fully saturated rings. The molecule has 26 heavy (non-hydrogen) atoms. The molecule has 1 saturated heterocycles. The number of hydrogen-bond acceptors (Lipinski definition) is 4. The predicted molar refractivity (Wildman–Crippen MR) is 94.1 cm³/mol. The fourth-order valence-corrected chi connectivity index (χ4v) is 5.45. The van der Waals surface area contributed by atoms with Gasteiger partial charge < -0.3 is 0 Å². The quantitative estimate of drug-likeness (QED) is 0.363. The Bertz CT molecular complexity index is 871. The number of anilines is 1. The third-order valence-electron chi connectivity index (χ3n) is 6.42. The first kappa shape index (κ1) is 15.5. The van der Waals surface area contributed by atoms with Crippen molar-refractivity contribution >= 4 is 23.2 Å². The van der Waals surface area contributed by atoms with Crippen LogP contribution in [-0.2, 0) is 9.59 Å². The van der Waals surface area contributed by atoms with Crippen LogP contribution in [0.1, 0.15) is 19.3 Å². The lowest BCUT2D eigenvalue weighted by atomic mass is 9.85. The summed E-state index contributed by atoms with van der Waals surface area (Å²) in [5.74, 6) is -0.634. The van der Waals surface area contributed by atoms with E-state index in [1.165, 1.54) is 28.7 Å². The third-order valence-corrected chi connectivity index (χ3v) is 6.42. The number of fused-ring (bicyclic) bond motifs is 5. The van der Waals surface area contributed by atoms with Gasteiger partial charge in [0.15, 0.2) is 0 Å². The van der Waals surface area contributed by atoms with Crippen molar-refractivity contribution in [2.45, 2.75) is 19.3 Å². The molecule has 2 bridgehead atoms. The van der Waals surface area contributed by atoms with Crippen molar-refractivity contribution in [1.82, 2.24) is 0 Å². The van der Waals surface area contributed by atoms with Crippen LogP contribution in [0.4, 0.5) is 11.4 Å². The predicted octanol–water partition coefficient (Wildman–Crippen LogP) is 3.24. The lowest BCUT2D eigenvalue weighted by Gasteiger charge is -2.23. The number of carbonyl (C=O) groups is 2. The Kier molecular flexibility index (Phi) is 3.20. The molecule has 4 aliphatic rings. The molecule has 0 aromatic heterocycles. The molecule has 132 valence electrons. The molecule has 6 nitrogen and oxygen atoms in total. The second kappa shape index (κ2) is 5.37. The summed E-state index contributed by atoms with van der Waals surface area (Å²) in [4.78, 5) is 37.9. The average Bonchev–Trinajstić information content (AvgIpc) is 3.38. The summed E-state index contributed by atoms with van der Waals surface area (Å²) in [6.45, 7) is 0. The summed E-state index contributed by atoms with van der Waals surface area (Å²) in [6.07, 6.45) is 9.81. The normalized spacial score (nSPS) is 34.5. The minimum atomic E-state index is -0.511. The van der Waals surface area contributed by atoms with Gasteiger partial charge in [-0.05, 0) is 43.1 Å². The number of nitrogens with zero attached hydrogens (tertiary/aromatic N) is 2. The Labute approximate surface area is 150 Å². The topological polar surface area (TPSA) is 80.5 Å². The third kappa shape index (κ3) is 1.92. The summed E-state index contributed by atoms with van der Waals surface area (Å²) in [6, 6.07) is 5.78. The van der Waals surface area contributed by atoms with E-state index in [9.17, 15) is 19.7 Å². The number of amides is 2. The summed E-state index contributed by atoms with van der Waals surface area (Å²) in [5.41, 5.74) is 1.59. The summed E-state index contributed by atoms with van der Waals surface area (Å²) in [7, 11) is 0. The molecule has 5 rings (SSSR count). The molecule has 3 aliphatic carbocycles. The number of nitro groups is 1. The lowest BCUT2D eigenvalue weighted by Crippen LogP contribution is -2.34. The van der Waals surface area contributed by atoms with E-state index in [1.54, 1.807) is 6.07 Å². The number of hydrogen-bond donors (Lipinski definition) is 0. The van der Waals surface area contributed by atoms with Gasteiger partial charge in [0.25, 0.3) is 5.69 Å². The Morgan fingerprint density at radius 2 is 1.73 bits per heavy atom. The van der Waals surface area contributed by atoms with Crippen LogP contribution in [-0.4, -0.2) is 16.7 Å². The number of rotatable bonds is 3. The van der Waals surface area contributed by atoms with Crippen LogP contribution in [0.25, 0.3) is 0 Å².